The zero-order valence-electron chi connectivity index (χ0n) is 11.4. The third kappa shape index (κ3) is 4.51. The Morgan fingerprint density at radius 1 is 1.33 bits per heavy atom. The smallest absolute Gasteiger partial charge is 0.389 e. The normalized spacial score (nSPS) is 16.7. The van der Waals surface area contributed by atoms with Crippen LogP contribution in [0.4, 0.5) is 18.9 Å². The van der Waals surface area contributed by atoms with Crippen molar-refractivity contribution in [2.24, 2.45) is 11.7 Å². The average molecular weight is 334 g/mol. The Labute approximate surface area is 131 Å². The molecule has 2 rings (SSSR count). The molecule has 0 aromatic heterocycles. The summed E-state index contributed by atoms with van der Waals surface area (Å²) in [5, 5.41) is 3.20. The zero-order valence-corrected chi connectivity index (χ0v) is 13.0. The summed E-state index contributed by atoms with van der Waals surface area (Å²) in [7, 11) is 0. The van der Waals surface area contributed by atoms with Gasteiger partial charge in [0.15, 0.2) is 0 Å². The van der Waals surface area contributed by atoms with Crippen molar-refractivity contribution in [3.63, 3.8) is 0 Å². The molecule has 1 aliphatic rings. The molecule has 116 valence electrons. The lowest BCUT2D eigenvalue weighted by Crippen LogP contribution is -2.21. The van der Waals surface area contributed by atoms with Crippen LogP contribution in [0.2, 0.25) is 0 Å². The first kappa shape index (κ1) is 16.4. The van der Waals surface area contributed by atoms with Crippen molar-refractivity contribution in [3.8, 4) is 0 Å². The van der Waals surface area contributed by atoms with Gasteiger partial charge in [0.1, 0.15) is 4.99 Å². The summed E-state index contributed by atoms with van der Waals surface area (Å²) in [4.78, 5) is -0.236. The second-order valence-electron chi connectivity index (χ2n) is 5.06. The van der Waals surface area contributed by atoms with Gasteiger partial charge in [-0.05, 0) is 48.5 Å². The minimum Gasteiger partial charge on any atom is -0.389 e. The molecule has 1 fully saturated rings. The molecule has 0 bridgehead atoms. The van der Waals surface area contributed by atoms with Gasteiger partial charge in [0.05, 0.1) is 5.56 Å². The summed E-state index contributed by atoms with van der Waals surface area (Å²) in [6.45, 7) is 0.767. The first-order valence-electron chi connectivity index (χ1n) is 6.70. The maximum absolute atomic E-state index is 12.9. The van der Waals surface area contributed by atoms with Gasteiger partial charge < -0.3 is 11.1 Å². The van der Waals surface area contributed by atoms with Gasteiger partial charge in [-0.3, -0.25) is 0 Å². The highest BCUT2D eigenvalue weighted by Gasteiger charge is 2.34. The highest BCUT2D eigenvalue weighted by Crippen LogP contribution is 2.33. The molecule has 7 heteroatoms. The number of halogens is 3. The summed E-state index contributed by atoms with van der Waals surface area (Å²) in [5.74, 6) is 2.87. The molecule has 0 amide bonds. The highest BCUT2D eigenvalue weighted by atomic mass is 32.2. The second kappa shape index (κ2) is 6.87. The largest absolute Gasteiger partial charge is 0.417 e. The first-order chi connectivity index (χ1) is 9.88. The van der Waals surface area contributed by atoms with Gasteiger partial charge in [-0.25, -0.2) is 0 Å². The number of hydrogen-bond donors (Lipinski definition) is 2. The quantitative estimate of drug-likeness (QED) is 0.819. The molecule has 1 aliphatic heterocycles. The van der Waals surface area contributed by atoms with E-state index >= 15 is 0 Å². The van der Waals surface area contributed by atoms with E-state index in [0.717, 1.165) is 37.0 Å². The van der Waals surface area contributed by atoms with Crippen LogP contribution in [0.5, 0.6) is 0 Å². The topological polar surface area (TPSA) is 38.0 Å². The third-order valence-corrected chi connectivity index (χ3v) is 4.79. The van der Waals surface area contributed by atoms with E-state index in [0.29, 0.717) is 11.6 Å². The monoisotopic (exact) mass is 334 g/mol. The number of alkyl halides is 3. The van der Waals surface area contributed by atoms with Crippen LogP contribution in [0, 0.1) is 5.92 Å². The summed E-state index contributed by atoms with van der Waals surface area (Å²) < 4.78 is 38.6. The molecule has 0 saturated carbocycles. The minimum absolute atomic E-state index is 0.123. The third-order valence-electron chi connectivity index (χ3n) is 3.53. The SMILES string of the molecule is NC(=S)c1cc(NCC2CCSCC2)ccc1C(F)(F)F. The van der Waals surface area contributed by atoms with Crippen molar-refractivity contribution in [2.75, 3.05) is 23.4 Å². The van der Waals surface area contributed by atoms with Gasteiger partial charge in [0, 0.05) is 17.8 Å². The fourth-order valence-corrected chi connectivity index (χ4v) is 3.69. The van der Waals surface area contributed by atoms with Crippen LogP contribution in [-0.4, -0.2) is 23.0 Å². The minimum atomic E-state index is -4.45. The average Bonchev–Trinajstić information content (AvgIpc) is 2.45. The Kier molecular flexibility index (Phi) is 5.37. The van der Waals surface area contributed by atoms with E-state index in [2.05, 4.69) is 5.32 Å². The van der Waals surface area contributed by atoms with Crippen LogP contribution >= 0.6 is 24.0 Å². The molecular weight excluding hydrogens is 317 g/mol. The van der Waals surface area contributed by atoms with Crippen molar-refractivity contribution in [1.29, 1.82) is 0 Å². The maximum Gasteiger partial charge on any atom is 0.417 e. The number of nitrogens with one attached hydrogen (secondary N) is 1. The molecule has 1 heterocycles. The van der Waals surface area contributed by atoms with Gasteiger partial charge in [0.2, 0.25) is 0 Å². The van der Waals surface area contributed by atoms with Gasteiger partial charge in [-0.15, -0.1) is 0 Å². The standard InChI is InChI=1S/C14H17F3N2S2/c15-14(16,17)12-2-1-10(7-11(12)13(18)20)19-8-9-3-5-21-6-4-9/h1-2,7,9,19H,3-6,8H2,(H2,18,20). The van der Waals surface area contributed by atoms with E-state index in [-0.39, 0.29) is 10.6 Å². The van der Waals surface area contributed by atoms with E-state index in [9.17, 15) is 13.2 Å². The lowest BCUT2D eigenvalue weighted by molar-refractivity contribution is -0.137. The number of rotatable bonds is 4. The molecule has 21 heavy (non-hydrogen) atoms. The fraction of sp³-hybridized carbons (Fsp3) is 0.500. The highest BCUT2D eigenvalue weighted by molar-refractivity contribution is 7.99. The summed E-state index contributed by atoms with van der Waals surface area (Å²) in [6, 6.07) is 3.86. The lowest BCUT2D eigenvalue weighted by Gasteiger charge is -2.22. The second-order valence-corrected chi connectivity index (χ2v) is 6.72. The Bertz CT molecular complexity index is 511. The predicted octanol–water partition coefficient (Wildman–Crippen LogP) is 3.89. The van der Waals surface area contributed by atoms with Crippen molar-refractivity contribution < 1.29 is 13.2 Å². The molecule has 0 radical (unpaired) electrons. The molecular formula is C14H17F3N2S2. The molecule has 1 aromatic rings. The number of benzene rings is 1. The number of nitrogens with two attached hydrogens (primary N) is 1. The van der Waals surface area contributed by atoms with Crippen molar-refractivity contribution in [3.05, 3.63) is 29.3 Å². The van der Waals surface area contributed by atoms with E-state index in [4.69, 9.17) is 18.0 Å². The molecule has 0 aliphatic carbocycles. The van der Waals surface area contributed by atoms with Gasteiger partial charge in [-0.1, -0.05) is 12.2 Å². The molecule has 0 atom stereocenters. The Morgan fingerprint density at radius 3 is 2.57 bits per heavy atom. The zero-order chi connectivity index (χ0) is 15.5. The number of thiocarbonyl (C=S) groups is 1. The van der Waals surface area contributed by atoms with Crippen LogP contribution in [0.15, 0.2) is 18.2 Å². The lowest BCUT2D eigenvalue weighted by atomic mass is 10.0. The van der Waals surface area contributed by atoms with E-state index in [1.807, 2.05) is 11.8 Å². The van der Waals surface area contributed by atoms with Gasteiger partial charge in [0.25, 0.3) is 0 Å². The Balaban J connectivity index is 2.10. The predicted molar refractivity (Wildman–Crippen MR) is 85.9 cm³/mol. The van der Waals surface area contributed by atoms with Crippen LogP contribution in [0.25, 0.3) is 0 Å². The van der Waals surface area contributed by atoms with Gasteiger partial charge >= 0.3 is 6.18 Å². The number of thioether (sulfide) groups is 1. The van der Waals surface area contributed by atoms with Crippen LogP contribution in [-0.2, 0) is 6.18 Å². The number of anilines is 1. The molecule has 1 aromatic carbocycles. The number of hydrogen-bond acceptors (Lipinski definition) is 3. The fourth-order valence-electron chi connectivity index (χ4n) is 2.32. The Hall–Kier alpha value is -0.950. The Morgan fingerprint density at radius 2 is 2.00 bits per heavy atom. The maximum atomic E-state index is 12.9. The molecule has 3 N–H and O–H groups in total. The summed E-state index contributed by atoms with van der Waals surface area (Å²) >= 11 is 6.68. The van der Waals surface area contributed by atoms with Crippen LogP contribution in [0.1, 0.15) is 24.0 Å². The van der Waals surface area contributed by atoms with E-state index in [1.165, 1.54) is 12.1 Å². The summed E-state index contributed by atoms with van der Waals surface area (Å²) in [5.41, 5.74) is 5.14. The molecule has 1 saturated heterocycles. The van der Waals surface area contributed by atoms with Crippen LogP contribution < -0.4 is 11.1 Å². The molecule has 0 spiro atoms. The molecule has 0 unspecified atom stereocenters. The van der Waals surface area contributed by atoms with E-state index < -0.39 is 11.7 Å². The molecule has 2 nitrogen and oxygen atoms in total. The van der Waals surface area contributed by atoms with E-state index in [1.54, 1.807) is 0 Å². The van der Waals surface area contributed by atoms with Crippen LogP contribution in [0.3, 0.4) is 0 Å². The van der Waals surface area contributed by atoms with Crippen molar-refractivity contribution in [2.45, 2.75) is 19.0 Å². The van der Waals surface area contributed by atoms with Gasteiger partial charge in [-0.2, -0.15) is 24.9 Å². The summed E-state index contributed by atoms with van der Waals surface area (Å²) in [6.07, 6.45) is -2.17. The van der Waals surface area contributed by atoms with Crippen molar-refractivity contribution in [1.82, 2.24) is 0 Å². The first-order valence-corrected chi connectivity index (χ1v) is 8.27. The van der Waals surface area contributed by atoms with Crippen molar-refractivity contribution >= 4 is 34.7 Å².